The molecule has 1 heterocycles. The van der Waals surface area contributed by atoms with Crippen LogP contribution in [0.5, 0.6) is 0 Å². The molecular formula is C18H29FN2. The first-order valence-corrected chi connectivity index (χ1v) is 8.43. The molecule has 3 heteroatoms. The third kappa shape index (κ3) is 4.26. The fourth-order valence-corrected chi connectivity index (χ4v) is 3.65. The lowest BCUT2D eigenvalue weighted by Gasteiger charge is -2.38. The number of rotatable bonds is 6. The first-order chi connectivity index (χ1) is 10.1. The van der Waals surface area contributed by atoms with Gasteiger partial charge < -0.3 is 5.32 Å². The second kappa shape index (κ2) is 7.88. The number of hydrogen-bond acceptors (Lipinski definition) is 2. The molecule has 1 aromatic heterocycles. The maximum atomic E-state index is 14.2. The average Bonchev–Trinajstić information content (AvgIpc) is 2.48. The third-order valence-electron chi connectivity index (χ3n) is 5.01. The summed E-state index contributed by atoms with van der Waals surface area (Å²) in [7, 11) is 0. The molecule has 0 spiro atoms. The summed E-state index contributed by atoms with van der Waals surface area (Å²) >= 11 is 0. The minimum absolute atomic E-state index is 0.132. The minimum Gasteiger partial charge on any atom is -0.316 e. The van der Waals surface area contributed by atoms with Gasteiger partial charge in [0.2, 0.25) is 0 Å². The molecule has 0 aromatic carbocycles. The summed E-state index contributed by atoms with van der Waals surface area (Å²) in [5.74, 6) is 2.14. The number of halogens is 1. The van der Waals surface area contributed by atoms with Gasteiger partial charge in [0.25, 0.3) is 0 Å². The fraction of sp³-hybridized carbons (Fsp3) is 0.722. The Hall–Kier alpha value is -0.960. The summed E-state index contributed by atoms with van der Waals surface area (Å²) in [4.78, 5) is 3.90. The van der Waals surface area contributed by atoms with Crippen LogP contribution in [0, 0.1) is 23.6 Å². The second-order valence-electron chi connectivity index (χ2n) is 6.79. The summed E-state index contributed by atoms with van der Waals surface area (Å²) in [6.45, 7) is 8.82. The van der Waals surface area contributed by atoms with Crippen molar-refractivity contribution in [2.24, 2.45) is 17.8 Å². The Morgan fingerprint density at radius 1 is 1.38 bits per heavy atom. The maximum Gasteiger partial charge on any atom is 0.144 e. The van der Waals surface area contributed by atoms with E-state index in [0.29, 0.717) is 23.7 Å². The van der Waals surface area contributed by atoms with E-state index in [1.165, 1.54) is 19.0 Å². The molecule has 0 aliphatic heterocycles. The van der Waals surface area contributed by atoms with Crippen molar-refractivity contribution >= 4 is 0 Å². The molecule has 1 N–H and O–H groups in total. The number of nitrogens with zero attached hydrogens (tertiary/aromatic N) is 1. The highest BCUT2D eigenvalue weighted by molar-refractivity contribution is 5.20. The van der Waals surface area contributed by atoms with Gasteiger partial charge in [-0.25, -0.2) is 4.39 Å². The van der Waals surface area contributed by atoms with Gasteiger partial charge in [-0.2, -0.15) is 0 Å². The zero-order valence-corrected chi connectivity index (χ0v) is 13.6. The molecule has 2 rings (SSSR count). The molecular weight excluding hydrogens is 263 g/mol. The van der Waals surface area contributed by atoms with Gasteiger partial charge in [0.05, 0.1) is 6.20 Å². The number of nitrogens with one attached hydrogen (secondary N) is 1. The summed E-state index contributed by atoms with van der Waals surface area (Å²) in [5, 5.41) is 3.53. The van der Waals surface area contributed by atoms with Crippen molar-refractivity contribution in [3.8, 4) is 0 Å². The molecule has 0 radical (unpaired) electrons. The molecule has 0 saturated heterocycles. The SMILES string of the molecule is CCCNCC1CCC(C(C)C)CC1c1ccncc1F. The van der Waals surface area contributed by atoms with Crippen molar-refractivity contribution in [3.63, 3.8) is 0 Å². The van der Waals surface area contributed by atoms with Gasteiger partial charge in [0.1, 0.15) is 5.82 Å². The lowest BCUT2D eigenvalue weighted by Crippen LogP contribution is -2.34. The Morgan fingerprint density at radius 2 is 2.19 bits per heavy atom. The monoisotopic (exact) mass is 292 g/mol. The smallest absolute Gasteiger partial charge is 0.144 e. The summed E-state index contributed by atoms with van der Waals surface area (Å²) in [5.41, 5.74) is 0.874. The lowest BCUT2D eigenvalue weighted by atomic mass is 9.68. The van der Waals surface area contributed by atoms with Gasteiger partial charge >= 0.3 is 0 Å². The van der Waals surface area contributed by atoms with E-state index in [9.17, 15) is 4.39 Å². The number of hydrogen-bond donors (Lipinski definition) is 1. The predicted octanol–water partition coefficient (Wildman–Crippen LogP) is 4.38. The van der Waals surface area contributed by atoms with Crippen LogP contribution in [-0.4, -0.2) is 18.1 Å². The third-order valence-corrected chi connectivity index (χ3v) is 5.01. The van der Waals surface area contributed by atoms with Crippen molar-refractivity contribution in [2.75, 3.05) is 13.1 Å². The molecule has 118 valence electrons. The van der Waals surface area contributed by atoms with Gasteiger partial charge in [0.15, 0.2) is 0 Å². The molecule has 3 unspecified atom stereocenters. The van der Waals surface area contributed by atoms with Crippen LogP contribution in [0.4, 0.5) is 4.39 Å². The molecule has 3 atom stereocenters. The summed E-state index contributed by atoms with van der Waals surface area (Å²) in [6.07, 6.45) is 7.83. The quantitative estimate of drug-likeness (QED) is 0.787. The van der Waals surface area contributed by atoms with Gasteiger partial charge in [-0.05, 0) is 74.1 Å². The molecule has 1 fully saturated rings. The average molecular weight is 292 g/mol. The van der Waals surface area contributed by atoms with E-state index in [1.807, 2.05) is 6.07 Å². The van der Waals surface area contributed by atoms with Crippen molar-refractivity contribution in [1.82, 2.24) is 10.3 Å². The minimum atomic E-state index is -0.132. The first kappa shape index (κ1) is 16.4. The van der Waals surface area contributed by atoms with Crippen LogP contribution in [-0.2, 0) is 0 Å². The summed E-state index contributed by atoms with van der Waals surface area (Å²) in [6, 6.07) is 1.88. The van der Waals surface area contributed by atoms with Gasteiger partial charge in [0, 0.05) is 6.20 Å². The van der Waals surface area contributed by atoms with Crippen LogP contribution in [0.3, 0.4) is 0 Å². The van der Waals surface area contributed by atoms with E-state index in [2.05, 4.69) is 31.1 Å². The predicted molar refractivity (Wildman–Crippen MR) is 85.8 cm³/mol. The van der Waals surface area contributed by atoms with E-state index in [4.69, 9.17) is 0 Å². The highest BCUT2D eigenvalue weighted by atomic mass is 19.1. The fourth-order valence-electron chi connectivity index (χ4n) is 3.65. The number of pyridine rings is 1. The molecule has 1 aliphatic rings. The topological polar surface area (TPSA) is 24.9 Å². The zero-order valence-electron chi connectivity index (χ0n) is 13.6. The van der Waals surface area contributed by atoms with Crippen molar-refractivity contribution in [1.29, 1.82) is 0 Å². The first-order valence-electron chi connectivity index (χ1n) is 8.43. The Balaban J connectivity index is 2.14. The van der Waals surface area contributed by atoms with Crippen molar-refractivity contribution in [2.45, 2.75) is 52.4 Å². The highest BCUT2D eigenvalue weighted by Crippen LogP contribution is 2.43. The molecule has 21 heavy (non-hydrogen) atoms. The van der Waals surface area contributed by atoms with E-state index in [-0.39, 0.29) is 5.82 Å². The molecule has 1 saturated carbocycles. The Labute approximate surface area is 128 Å². The van der Waals surface area contributed by atoms with Crippen LogP contribution in [0.2, 0.25) is 0 Å². The zero-order chi connectivity index (χ0) is 15.2. The maximum absolute atomic E-state index is 14.2. The lowest BCUT2D eigenvalue weighted by molar-refractivity contribution is 0.188. The molecule has 1 aromatic rings. The van der Waals surface area contributed by atoms with Crippen LogP contribution >= 0.6 is 0 Å². The summed E-state index contributed by atoms with van der Waals surface area (Å²) < 4.78 is 14.2. The standard InChI is InChI=1S/C18H29FN2/c1-4-8-20-11-15-6-5-14(13(2)3)10-17(15)16-7-9-21-12-18(16)19/h7,9,12-15,17,20H,4-6,8,10-11H2,1-3H3. The van der Waals surface area contributed by atoms with E-state index < -0.39 is 0 Å². The number of aromatic nitrogens is 1. The molecule has 2 nitrogen and oxygen atoms in total. The van der Waals surface area contributed by atoms with Crippen molar-refractivity contribution < 1.29 is 4.39 Å². The Morgan fingerprint density at radius 3 is 2.86 bits per heavy atom. The van der Waals surface area contributed by atoms with E-state index >= 15 is 0 Å². The molecule has 0 amide bonds. The van der Waals surface area contributed by atoms with Gasteiger partial charge in [-0.15, -0.1) is 0 Å². The highest BCUT2D eigenvalue weighted by Gasteiger charge is 2.33. The van der Waals surface area contributed by atoms with Gasteiger partial charge in [-0.1, -0.05) is 20.8 Å². The van der Waals surface area contributed by atoms with Crippen LogP contribution in [0.1, 0.15) is 57.9 Å². The molecule has 0 bridgehead atoms. The Bertz CT molecular complexity index is 433. The van der Waals surface area contributed by atoms with E-state index in [1.54, 1.807) is 6.20 Å². The van der Waals surface area contributed by atoms with Crippen molar-refractivity contribution in [3.05, 3.63) is 29.8 Å². The Kier molecular flexibility index (Phi) is 6.16. The van der Waals surface area contributed by atoms with Crippen LogP contribution in [0.15, 0.2) is 18.5 Å². The van der Waals surface area contributed by atoms with Gasteiger partial charge in [-0.3, -0.25) is 4.98 Å². The normalized spacial score (nSPS) is 26.2. The van der Waals surface area contributed by atoms with Crippen LogP contribution in [0.25, 0.3) is 0 Å². The second-order valence-corrected chi connectivity index (χ2v) is 6.79. The van der Waals surface area contributed by atoms with E-state index in [0.717, 1.165) is 31.5 Å². The van der Waals surface area contributed by atoms with Crippen LogP contribution < -0.4 is 5.32 Å². The molecule has 1 aliphatic carbocycles. The largest absolute Gasteiger partial charge is 0.316 e.